The van der Waals surface area contributed by atoms with Crippen molar-refractivity contribution in [2.45, 2.75) is 27.7 Å². The van der Waals surface area contributed by atoms with Gasteiger partial charge in [-0.1, -0.05) is 36.5 Å². The molecule has 1 heterocycles. The summed E-state index contributed by atoms with van der Waals surface area (Å²) >= 11 is 0. The summed E-state index contributed by atoms with van der Waals surface area (Å²) in [7, 11) is 0. The smallest absolute Gasteiger partial charge is 0.0197 e. The first-order valence-corrected chi connectivity index (χ1v) is 5.80. The highest BCUT2D eigenvalue weighted by atomic mass is 14.7. The Labute approximate surface area is 104 Å². The van der Waals surface area contributed by atoms with Gasteiger partial charge < -0.3 is 4.98 Å². The monoisotopic (exact) mass is 227 g/mol. The molecule has 0 atom stereocenters. The maximum Gasteiger partial charge on any atom is 0.0197 e. The van der Waals surface area contributed by atoms with Crippen LogP contribution in [0.25, 0.3) is 12.2 Å². The molecule has 0 spiro atoms. The lowest BCUT2D eigenvalue weighted by molar-refractivity contribution is 1.18. The number of hydrogen-bond donors (Lipinski definition) is 1. The Morgan fingerprint density at radius 3 is 1.53 bits per heavy atom. The standard InChI is InChI=1S/C16H21N/c1-7-11(3)9-15-13(5)17-14(6)16(15)10-12(4)8-2/h7-10,17H,1-2H2,3-6H3/b11-9-,12-10-. The molecule has 1 N–H and O–H groups in total. The molecule has 1 rings (SSSR count). The summed E-state index contributed by atoms with van der Waals surface area (Å²) in [5.74, 6) is 0. The number of H-pyrrole nitrogens is 1. The first-order valence-electron chi connectivity index (χ1n) is 5.80. The molecule has 0 aliphatic rings. The summed E-state index contributed by atoms with van der Waals surface area (Å²) in [6, 6.07) is 0. The van der Waals surface area contributed by atoms with Gasteiger partial charge in [0.05, 0.1) is 0 Å². The summed E-state index contributed by atoms with van der Waals surface area (Å²) < 4.78 is 0. The van der Waals surface area contributed by atoms with Crippen molar-refractivity contribution >= 4 is 12.2 Å². The summed E-state index contributed by atoms with van der Waals surface area (Å²) in [4.78, 5) is 3.38. The van der Waals surface area contributed by atoms with Gasteiger partial charge in [0.25, 0.3) is 0 Å². The van der Waals surface area contributed by atoms with Gasteiger partial charge in [0.2, 0.25) is 0 Å². The van der Waals surface area contributed by atoms with Crippen LogP contribution in [0.2, 0.25) is 0 Å². The van der Waals surface area contributed by atoms with Gasteiger partial charge in [0.1, 0.15) is 0 Å². The quantitative estimate of drug-likeness (QED) is 0.710. The third kappa shape index (κ3) is 3.10. The second kappa shape index (κ2) is 5.53. The molecule has 0 saturated carbocycles. The van der Waals surface area contributed by atoms with Gasteiger partial charge >= 0.3 is 0 Å². The lowest BCUT2D eigenvalue weighted by Crippen LogP contribution is -1.81. The van der Waals surface area contributed by atoms with E-state index in [0.717, 1.165) is 11.1 Å². The van der Waals surface area contributed by atoms with Gasteiger partial charge in [0, 0.05) is 22.5 Å². The largest absolute Gasteiger partial charge is 0.362 e. The molecule has 1 aromatic rings. The molecule has 1 nitrogen and oxygen atoms in total. The van der Waals surface area contributed by atoms with Crippen LogP contribution in [0.4, 0.5) is 0 Å². The first kappa shape index (κ1) is 13.3. The minimum absolute atomic E-state index is 1.16. The topological polar surface area (TPSA) is 15.8 Å². The Morgan fingerprint density at radius 1 is 0.882 bits per heavy atom. The van der Waals surface area contributed by atoms with Gasteiger partial charge in [-0.3, -0.25) is 0 Å². The molecule has 0 aromatic carbocycles. The lowest BCUT2D eigenvalue weighted by atomic mass is 10.0. The van der Waals surface area contributed by atoms with Crippen LogP contribution in [0, 0.1) is 13.8 Å². The lowest BCUT2D eigenvalue weighted by Gasteiger charge is -2.00. The zero-order valence-electron chi connectivity index (χ0n) is 11.2. The van der Waals surface area contributed by atoms with Gasteiger partial charge in [-0.2, -0.15) is 0 Å². The molecule has 17 heavy (non-hydrogen) atoms. The molecule has 1 aromatic heterocycles. The molecule has 0 fully saturated rings. The van der Waals surface area contributed by atoms with Crippen LogP contribution in [-0.2, 0) is 0 Å². The van der Waals surface area contributed by atoms with E-state index in [1.807, 2.05) is 12.2 Å². The minimum Gasteiger partial charge on any atom is -0.362 e. The van der Waals surface area contributed by atoms with Crippen molar-refractivity contribution in [1.29, 1.82) is 0 Å². The van der Waals surface area contributed by atoms with E-state index in [9.17, 15) is 0 Å². The van der Waals surface area contributed by atoms with Crippen molar-refractivity contribution in [3.8, 4) is 0 Å². The van der Waals surface area contributed by atoms with E-state index in [1.54, 1.807) is 0 Å². The highest BCUT2D eigenvalue weighted by Crippen LogP contribution is 2.24. The van der Waals surface area contributed by atoms with Crippen LogP contribution in [0.1, 0.15) is 36.4 Å². The first-order chi connectivity index (χ1) is 7.99. The van der Waals surface area contributed by atoms with Crippen molar-refractivity contribution in [2.75, 3.05) is 0 Å². The number of hydrogen-bond acceptors (Lipinski definition) is 0. The fourth-order valence-corrected chi connectivity index (χ4v) is 1.77. The highest BCUT2D eigenvalue weighted by molar-refractivity contribution is 5.72. The molecular formula is C16H21N. The van der Waals surface area contributed by atoms with Gasteiger partial charge in [-0.15, -0.1) is 0 Å². The van der Waals surface area contributed by atoms with Crippen molar-refractivity contribution in [3.05, 3.63) is 59.0 Å². The number of nitrogens with one attached hydrogen (secondary N) is 1. The van der Waals surface area contributed by atoms with E-state index >= 15 is 0 Å². The fraction of sp³-hybridized carbons (Fsp3) is 0.250. The van der Waals surface area contributed by atoms with Gasteiger partial charge in [-0.05, 0) is 39.8 Å². The molecule has 1 heteroatoms. The molecule has 0 unspecified atom stereocenters. The van der Waals surface area contributed by atoms with Crippen molar-refractivity contribution < 1.29 is 0 Å². The molecule has 0 saturated heterocycles. The predicted molar refractivity (Wildman–Crippen MR) is 78.0 cm³/mol. The molecule has 0 aliphatic carbocycles. The van der Waals surface area contributed by atoms with E-state index in [0.29, 0.717) is 0 Å². The highest BCUT2D eigenvalue weighted by Gasteiger charge is 2.08. The van der Waals surface area contributed by atoms with E-state index in [4.69, 9.17) is 0 Å². The van der Waals surface area contributed by atoms with Crippen molar-refractivity contribution in [1.82, 2.24) is 4.98 Å². The Morgan fingerprint density at radius 2 is 1.24 bits per heavy atom. The average Bonchev–Trinajstić information content (AvgIpc) is 2.55. The van der Waals surface area contributed by atoms with E-state index in [-0.39, 0.29) is 0 Å². The Hall–Kier alpha value is -1.76. The van der Waals surface area contributed by atoms with Crippen molar-refractivity contribution in [2.24, 2.45) is 0 Å². The molecule has 0 bridgehead atoms. The van der Waals surface area contributed by atoms with E-state index < -0.39 is 0 Å². The number of aromatic nitrogens is 1. The SMILES string of the molecule is C=C/C(C)=C\c1c(C)[nH]c(C)c1/C=C(/C)C=C. The molecular weight excluding hydrogens is 206 g/mol. The predicted octanol–water partition coefficient (Wildman–Crippen LogP) is 4.81. The molecule has 0 radical (unpaired) electrons. The maximum absolute atomic E-state index is 3.79. The summed E-state index contributed by atoms with van der Waals surface area (Å²) in [6.45, 7) is 15.9. The minimum atomic E-state index is 1.16. The van der Waals surface area contributed by atoms with Crippen molar-refractivity contribution in [3.63, 3.8) is 0 Å². The Balaban J connectivity index is 3.39. The number of rotatable bonds is 4. The van der Waals surface area contributed by atoms with Crippen LogP contribution in [0.5, 0.6) is 0 Å². The van der Waals surface area contributed by atoms with E-state index in [1.165, 1.54) is 22.5 Å². The van der Waals surface area contributed by atoms with Crippen LogP contribution < -0.4 is 0 Å². The van der Waals surface area contributed by atoms with Crippen LogP contribution in [0.15, 0.2) is 36.5 Å². The Bertz CT molecular complexity index is 451. The average molecular weight is 227 g/mol. The summed E-state index contributed by atoms with van der Waals surface area (Å²) in [5, 5.41) is 0. The zero-order chi connectivity index (χ0) is 13.0. The number of allylic oxidation sites excluding steroid dienone is 4. The van der Waals surface area contributed by atoms with Gasteiger partial charge in [-0.25, -0.2) is 0 Å². The van der Waals surface area contributed by atoms with Crippen LogP contribution in [0.3, 0.4) is 0 Å². The third-order valence-electron chi connectivity index (χ3n) is 2.86. The fourth-order valence-electron chi connectivity index (χ4n) is 1.77. The maximum atomic E-state index is 3.79. The normalized spacial score (nSPS) is 12.7. The van der Waals surface area contributed by atoms with Gasteiger partial charge in [0.15, 0.2) is 0 Å². The van der Waals surface area contributed by atoms with E-state index in [2.05, 4.69) is 58.0 Å². The molecule has 0 amide bonds. The Kier molecular flexibility index (Phi) is 4.33. The van der Waals surface area contributed by atoms with Crippen LogP contribution in [-0.4, -0.2) is 4.98 Å². The number of aromatic amines is 1. The van der Waals surface area contributed by atoms with Crippen LogP contribution >= 0.6 is 0 Å². The molecule has 90 valence electrons. The number of aryl methyl sites for hydroxylation is 2. The molecule has 0 aliphatic heterocycles. The third-order valence-corrected chi connectivity index (χ3v) is 2.86. The zero-order valence-corrected chi connectivity index (χ0v) is 11.2. The summed E-state index contributed by atoms with van der Waals surface area (Å²) in [5.41, 5.74) is 7.18. The second-order valence-electron chi connectivity index (χ2n) is 4.39. The summed E-state index contributed by atoms with van der Waals surface area (Å²) in [6.07, 6.45) is 8.06. The second-order valence-corrected chi connectivity index (χ2v) is 4.39.